The minimum atomic E-state index is -0.990. The Bertz CT molecular complexity index is 434. The van der Waals surface area contributed by atoms with E-state index in [1.54, 1.807) is 6.92 Å². The molecule has 4 nitrogen and oxygen atoms in total. The Balaban J connectivity index is 2.05. The van der Waals surface area contributed by atoms with Crippen molar-refractivity contribution >= 4 is 5.97 Å². The fraction of sp³-hybridized carbons (Fsp3) is 0.615. The molecule has 0 unspecified atom stereocenters. The molecule has 0 amide bonds. The Morgan fingerprint density at radius 2 is 2.29 bits per heavy atom. The Morgan fingerprint density at radius 1 is 1.59 bits per heavy atom. The van der Waals surface area contributed by atoms with Gasteiger partial charge in [-0.3, -0.25) is 4.90 Å². The topological polar surface area (TPSA) is 53.7 Å². The molecule has 2 heterocycles. The Labute approximate surface area is 101 Å². The molecule has 17 heavy (non-hydrogen) atoms. The van der Waals surface area contributed by atoms with Gasteiger partial charge in [0.2, 0.25) is 5.76 Å². The van der Waals surface area contributed by atoms with Crippen molar-refractivity contribution in [1.82, 2.24) is 4.90 Å². The number of hydrogen-bond acceptors (Lipinski definition) is 3. The summed E-state index contributed by atoms with van der Waals surface area (Å²) in [4.78, 5) is 13.2. The third kappa shape index (κ3) is 2.69. The van der Waals surface area contributed by atoms with Gasteiger partial charge in [0.1, 0.15) is 5.76 Å². The normalized spacial score (nSPS) is 19.7. The van der Waals surface area contributed by atoms with Crippen LogP contribution in [0.15, 0.2) is 10.5 Å². The summed E-state index contributed by atoms with van der Waals surface area (Å²) in [5.74, 6) is -0.174. The van der Waals surface area contributed by atoms with Crippen molar-refractivity contribution in [3.8, 4) is 0 Å². The number of aromatic carboxylic acids is 1. The first-order chi connectivity index (χ1) is 7.87. The second-order valence-electron chi connectivity index (χ2n) is 5.65. The summed E-state index contributed by atoms with van der Waals surface area (Å²) < 4.78 is 5.36. The molecule has 0 aliphatic carbocycles. The van der Waals surface area contributed by atoms with Crippen LogP contribution in [0.3, 0.4) is 0 Å². The van der Waals surface area contributed by atoms with Gasteiger partial charge in [0.05, 0.1) is 6.54 Å². The Hall–Kier alpha value is -1.29. The lowest BCUT2D eigenvalue weighted by molar-refractivity contribution is 0.0657. The third-order valence-electron chi connectivity index (χ3n) is 3.30. The van der Waals surface area contributed by atoms with E-state index < -0.39 is 5.97 Å². The third-order valence-corrected chi connectivity index (χ3v) is 3.30. The van der Waals surface area contributed by atoms with Gasteiger partial charge in [0, 0.05) is 12.1 Å². The van der Waals surface area contributed by atoms with Crippen molar-refractivity contribution in [2.45, 2.75) is 33.7 Å². The zero-order valence-corrected chi connectivity index (χ0v) is 10.6. The molecule has 1 aliphatic heterocycles. The number of rotatable bonds is 3. The summed E-state index contributed by atoms with van der Waals surface area (Å²) in [5.41, 5.74) is 1.06. The number of carboxylic acids is 1. The van der Waals surface area contributed by atoms with E-state index in [2.05, 4.69) is 18.7 Å². The SMILES string of the molecule is Cc1cc(CN2CCC(C)(C)C2)oc1C(=O)O. The van der Waals surface area contributed by atoms with Gasteiger partial charge in [-0.15, -0.1) is 0 Å². The zero-order chi connectivity index (χ0) is 12.6. The fourth-order valence-electron chi connectivity index (χ4n) is 2.42. The molecule has 1 aromatic rings. The number of aryl methyl sites for hydroxylation is 1. The molecular weight excluding hydrogens is 218 g/mol. The van der Waals surface area contributed by atoms with Crippen molar-refractivity contribution in [3.05, 3.63) is 23.2 Å². The molecule has 94 valence electrons. The maximum Gasteiger partial charge on any atom is 0.372 e. The van der Waals surface area contributed by atoms with Crippen molar-refractivity contribution < 1.29 is 14.3 Å². The molecule has 0 radical (unpaired) electrons. The minimum absolute atomic E-state index is 0.0680. The van der Waals surface area contributed by atoms with Crippen LogP contribution in [0.5, 0.6) is 0 Å². The highest BCUT2D eigenvalue weighted by Gasteiger charge is 2.29. The maximum atomic E-state index is 10.9. The lowest BCUT2D eigenvalue weighted by Gasteiger charge is -2.18. The standard InChI is InChI=1S/C13H19NO3/c1-9-6-10(17-11(9)12(15)16)7-14-5-4-13(2,3)8-14/h6H,4-5,7-8H2,1-3H3,(H,15,16). The van der Waals surface area contributed by atoms with E-state index >= 15 is 0 Å². The molecule has 2 rings (SSSR count). The highest BCUT2D eigenvalue weighted by atomic mass is 16.4. The molecule has 0 spiro atoms. The van der Waals surface area contributed by atoms with E-state index in [4.69, 9.17) is 9.52 Å². The van der Waals surface area contributed by atoms with Gasteiger partial charge in [-0.05, 0) is 31.4 Å². The van der Waals surface area contributed by atoms with Gasteiger partial charge in [0.25, 0.3) is 0 Å². The first-order valence-electron chi connectivity index (χ1n) is 5.92. The van der Waals surface area contributed by atoms with Gasteiger partial charge in [-0.1, -0.05) is 13.8 Å². The number of furan rings is 1. The average Bonchev–Trinajstić information content (AvgIpc) is 2.70. The van der Waals surface area contributed by atoms with Crippen LogP contribution < -0.4 is 0 Å². The van der Waals surface area contributed by atoms with Crippen LogP contribution in [0.1, 0.15) is 42.1 Å². The average molecular weight is 237 g/mol. The first-order valence-corrected chi connectivity index (χ1v) is 5.92. The van der Waals surface area contributed by atoms with E-state index in [1.807, 2.05) is 6.07 Å². The number of carbonyl (C=O) groups is 1. The largest absolute Gasteiger partial charge is 0.475 e. The minimum Gasteiger partial charge on any atom is -0.475 e. The fourth-order valence-corrected chi connectivity index (χ4v) is 2.42. The molecule has 1 fully saturated rings. The lowest BCUT2D eigenvalue weighted by atomic mass is 9.93. The van der Waals surface area contributed by atoms with Gasteiger partial charge < -0.3 is 9.52 Å². The second-order valence-corrected chi connectivity index (χ2v) is 5.65. The van der Waals surface area contributed by atoms with E-state index in [9.17, 15) is 4.79 Å². The number of nitrogens with zero attached hydrogens (tertiary/aromatic N) is 1. The molecule has 0 bridgehead atoms. The van der Waals surface area contributed by atoms with Crippen LogP contribution in [0.4, 0.5) is 0 Å². The molecule has 4 heteroatoms. The van der Waals surface area contributed by atoms with Crippen molar-refractivity contribution in [3.63, 3.8) is 0 Å². The highest BCUT2D eigenvalue weighted by molar-refractivity contribution is 5.86. The quantitative estimate of drug-likeness (QED) is 0.877. The van der Waals surface area contributed by atoms with Gasteiger partial charge in [0.15, 0.2) is 0 Å². The molecule has 0 atom stereocenters. The predicted molar refractivity (Wildman–Crippen MR) is 64.1 cm³/mol. The van der Waals surface area contributed by atoms with Crippen molar-refractivity contribution in [2.24, 2.45) is 5.41 Å². The van der Waals surface area contributed by atoms with E-state index in [-0.39, 0.29) is 5.76 Å². The zero-order valence-electron chi connectivity index (χ0n) is 10.6. The maximum absolute atomic E-state index is 10.9. The monoisotopic (exact) mass is 237 g/mol. The van der Waals surface area contributed by atoms with Crippen molar-refractivity contribution in [1.29, 1.82) is 0 Å². The molecule has 1 aromatic heterocycles. The van der Waals surface area contributed by atoms with E-state index in [0.717, 1.165) is 18.8 Å². The smallest absolute Gasteiger partial charge is 0.372 e. The summed E-state index contributed by atoms with van der Waals surface area (Å²) in [5, 5.41) is 8.92. The van der Waals surface area contributed by atoms with Crippen molar-refractivity contribution in [2.75, 3.05) is 13.1 Å². The summed E-state index contributed by atoms with van der Waals surface area (Å²) >= 11 is 0. The van der Waals surface area contributed by atoms with Crippen LogP contribution in [-0.4, -0.2) is 29.1 Å². The summed E-state index contributed by atoms with van der Waals surface area (Å²) in [7, 11) is 0. The Morgan fingerprint density at radius 3 is 2.76 bits per heavy atom. The summed E-state index contributed by atoms with van der Waals surface area (Å²) in [6.45, 7) is 9.07. The van der Waals surface area contributed by atoms with Crippen LogP contribution >= 0.6 is 0 Å². The van der Waals surface area contributed by atoms with Crippen LogP contribution in [0, 0.1) is 12.3 Å². The van der Waals surface area contributed by atoms with Gasteiger partial charge >= 0.3 is 5.97 Å². The molecule has 1 saturated heterocycles. The molecule has 0 saturated carbocycles. The summed E-state index contributed by atoms with van der Waals surface area (Å²) in [6, 6.07) is 1.83. The van der Waals surface area contributed by atoms with Crippen LogP contribution in [-0.2, 0) is 6.54 Å². The number of carboxylic acid groups (broad SMARTS) is 1. The first kappa shape index (κ1) is 12.2. The molecule has 1 aliphatic rings. The van der Waals surface area contributed by atoms with Crippen LogP contribution in [0.25, 0.3) is 0 Å². The van der Waals surface area contributed by atoms with E-state index in [1.165, 1.54) is 6.42 Å². The molecular formula is C13H19NO3. The Kier molecular flexibility index (Phi) is 3.00. The van der Waals surface area contributed by atoms with Gasteiger partial charge in [-0.25, -0.2) is 4.79 Å². The number of hydrogen-bond donors (Lipinski definition) is 1. The van der Waals surface area contributed by atoms with Crippen LogP contribution in [0.2, 0.25) is 0 Å². The van der Waals surface area contributed by atoms with Gasteiger partial charge in [-0.2, -0.15) is 0 Å². The summed E-state index contributed by atoms with van der Waals surface area (Å²) in [6.07, 6.45) is 1.18. The highest BCUT2D eigenvalue weighted by Crippen LogP contribution is 2.30. The number of likely N-dealkylation sites (tertiary alicyclic amines) is 1. The molecule has 1 N–H and O–H groups in total. The lowest BCUT2D eigenvalue weighted by Crippen LogP contribution is -2.22. The second kappa shape index (κ2) is 4.18. The van der Waals surface area contributed by atoms with E-state index in [0.29, 0.717) is 17.5 Å². The molecule has 0 aromatic carbocycles. The predicted octanol–water partition coefficient (Wildman–Crippen LogP) is 2.52.